The van der Waals surface area contributed by atoms with Gasteiger partial charge in [-0.05, 0) is 0 Å². The van der Waals surface area contributed by atoms with Gasteiger partial charge >= 0.3 is 131 Å². The van der Waals surface area contributed by atoms with Crippen molar-refractivity contribution in [1.29, 1.82) is 0 Å². The van der Waals surface area contributed by atoms with Gasteiger partial charge in [0.05, 0.1) is 0 Å². The summed E-state index contributed by atoms with van der Waals surface area (Å²) in [5, 5.41) is 0. The summed E-state index contributed by atoms with van der Waals surface area (Å²) in [6, 6.07) is 0. The number of rotatable bonds is 2. The second-order valence-corrected chi connectivity index (χ2v) is 189. The van der Waals surface area contributed by atoms with Gasteiger partial charge in [-0.2, -0.15) is 0 Å². The molecule has 0 saturated carbocycles. The standard InChI is InChI=1S/2C2H.6Bi.2ClH.Zr.2H/c2*1-2;;;;;;;;;;;/h2*1H;;;;;;;2*1H;;;/q;;;;;;;;;;+2;;/p-2. The van der Waals surface area contributed by atoms with Crippen LogP contribution in [0, 0.1) is 0 Å². The van der Waals surface area contributed by atoms with Crippen molar-refractivity contribution in [2.75, 3.05) is 0 Å². The summed E-state index contributed by atoms with van der Waals surface area (Å²) in [7, 11) is 0. The Labute approximate surface area is 150 Å². The van der Waals surface area contributed by atoms with Crippen LogP contribution in [0.25, 0.3) is 0 Å². The summed E-state index contributed by atoms with van der Waals surface area (Å²) in [4.78, 5) is 0. The van der Waals surface area contributed by atoms with E-state index < -0.39 is 0 Å². The van der Waals surface area contributed by atoms with Crippen molar-refractivity contribution in [3.8, 4) is 0 Å². The Hall–Kier alpha value is 6.24. The molecular weight excluding hydrogens is 1460 g/mol. The second-order valence-electron chi connectivity index (χ2n) is 1.84. The topological polar surface area (TPSA) is 0 Å². The number of hydrogen-bond acceptors (Lipinski definition) is 0. The first-order valence-electron chi connectivity index (χ1n) is 2.95. The Morgan fingerprint density at radius 2 is 1.38 bits per heavy atom. The largest absolute Gasteiger partial charge is 1.00 e. The van der Waals surface area contributed by atoms with E-state index in [1.807, 2.05) is 0 Å². The van der Waals surface area contributed by atoms with Crippen molar-refractivity contribution >= 4 is 98.4 Å². The smallest absolute Gasteiger partial charge is 1.00 e. The van der Waals surface area contributed by atoms with Crippen LogP contribution >= 0.6 is 0 Å². The van der Waals surface area contributed by atoms with E-state index in [0.29, 0.717) is 61.5 Å². The fourth-order valence-electron chi connectivity index (χ4n) is 0.657. The minimum absolute atomic E-state index is 0. The van der Waals surface area contributed by atoms with Gasteiger partial charge in [-0.15, -0.1) is 0 Å². The Kier molecular flexibility index (Phi) is 17.8. The number of hydrogen-bond donors (Lipinski definition) is 0. The molecule has 0 amide bonds. The molecule has 2 rings (SSSR count). The second kappa shape index (κ2) is 12.0. The van der Waals surface area contributed by atoms with E-state index in [9.17, 15) is 0 Å². The van der Waals surface area contributed by atoms with Crippen molar-refractivity contribution in [1.82, 2.24) is 0 Å². The average Bonchev–Trinajstić information content (AvgIpc) is 2.60. The Morgan fingerprint density at radius 1 is 0.923 bits per heavy atom. The first kappa shape index (κ1) is 19.2. The molecule has 0 spiro atoms. The maximum atomic E-state index is 2.94. The summed E-state index contributed by atoms with van der Waals surface area (Å²) >= 11 is 2.16. The molecule has 0 N–H and O–H groups in total. The molecule has 0 atom stereocenters. The molecule has 0 radical (unpaired) electrons. The minimum atomic E-state index is 0. The molecule has 2 aliphatic rings. The van der Waals surface area contributed by atoms with Crippen LogP contribution in [-0.4, -0.2) is 98.4 Å². The minimum Gasteiger partial charge on any atom is -1.00 e. The van der Waals surface area contributed by atoms with Gasteiger partial charge in [-0.25, -0.2) is 0 Å². The third kappa shape index (κ3) is 8.19. The van der Waals surface area contributed by atoms with Gasteiger partial charge in [-0.3, -0.25) is 0 Å². The van der Waals surface area contributed by atoms with Gasteiger partial charge < -0.3 is 24.8 Å². The van der Waals surface area contributed by atoms with Gasteiger partial charge in [-0.1, -0.05) is 0 Å². The van der Waals surface area contributed by atoms with E-state index in [0.717, 1.165) is 0 Å². The van der Waals surface area contributed by atoms with Crippen LogP contribution in [0.3, 0.4) is 0 Å². The molecule has 0 unspecified atom stereocenters. The van der Waals surface area contributed by atoms with Gasteiger partial charge in [0.15, 0.2) is 0 Å². The third-order valence-corrected chi connectivity index (χ3v) is 234. The van der Waals surface area contributed by atoms with E-state index in [1.165, 1.54) is 0 Å². The Bertz CT molecular complexity index is 256. The summed E-state index contributed by atoms with van der Waals surface area (Å²) in [6.45, 7) is 0. The van der Waals surface area contributed by atoms with Crippen molar-refractivity contribution in [3.63, 3.8) is 0 Å². The quantitative estimate of drug-likeness (QED) is 0.242. The predicted octanol–water partition coefficient (Wildman–Crippen LogP) is -7.95. The van der Waals surface area contributed by atoms with Gasteiger partial charge in [0.1, 0.15) is 0 Å². The van der Waals surface area contributed by atoms with E-state index in [2.05, 4.69) is 9.55 Å². The summed E-state index contributed by atoms with van der Waals surface area (Å²) in [6.07, 6.45) is 0. The zero-order chi connectivity index (χ0) is 7.52. The molecule has 0 aromatic carbocycles. The molecule has 2 aliphatic heterocycles. The van der Waals surface area contributed by atoms with E-state index in [-0.39, 0.29) is 84.9 Å². The fourth-order valence-corrected chi connectivity index (χ4v) is 466. The van der Waals surface area contributed by atoms with Crippen molar-refractivity contribution in [2.24, 2.45) is 0 Å². The maximum Gasteiger partial charge on any atom is -1.00 e. The van der Waals surface area contributed by atoms with Gasteiger partial charge in [0.2, 0.25) is 0 Å². The molecule has 0 aliphatic carbocycles. The molecule has 13 heavy (non-hydrogen) atoms. The molecule has 0 bridgehead atoms. The predicted molar refractivity (Wildman–Crippen MR) is 53.5 cm³/mol. The average molecular weight is 1470 g/mol. The monoisotopic (exact) mass is 1470 g/mol. The van der Waals surface area contributed by atoms with Gasteiger partial charge in [0.25, 0.3) is 0 Å². The van der Waals surface area contributed by atoms with Crippen LogP contribution in [0.2, 0.25) is 0 Å². The van der Waals surface area contributed by atoms with E-state index in [4.69, 9.17) is 0 Å². The third-order valence-electron chi connectivity index (χ3n) is 1.09. The molecule has 0 aromatic rings. The van der Waals surface area contributed by atoms with Crippen LogP contribution < -0.4 is 24.8 Å². The zero-order valence-corrected chi connectivity index (χ0v) is 31.9. The molecule has 9 heteroatoms. The Balaban J connectivity index is 0.000000720. The number of halogens is 2. The van der Waals surface area contributed by atoms with Crippen LogP contribution in [0.15, 0.2) is 9.55 Å². The van der Waals surface area contributed by atoms with Crippen molar-refractivity contribution in [2.45, 2.75) is 0 Å². The molecule has 0 fully saturated rings. The van der Waals surface area contributed by atoms with Crippen LogP contribution in [0.1, 0.15) is 0 Å². The maximum absolute atomic E-state index is 2.94. The first-order chi connectivity index (χ1) is 5.45. The fraction of sp³-hybridized carbons (Fsp3) is 0. The zero-order valence-electron chi connectivity index (χ0n) is 6.20. The molecule has 0 aromatic heterocycles. The van der Waals surface area contributed by atoms with E-state index >= 15 is 0 Å². The molecular formula is C4H4Bi6Cl2Zr. The molecule has 2 heterocycles. The molecule has 68 valence electrons. The van der Waals surface area contributed by atoms with Crippen LogP contribution in [0.4, 0.5) is 0 Å². The molecule has 0 nitrogen and oxygen atoms in total. The normalized spacial score (nSPS) is 16.9. The van der Waals surface area contributed by atoms with Gasteiger partial charge in [0, 0.05) is 0 Å². The van der Waals surface area contributed by atoms with Crippen LogP contribution in [-0.2, 0) is 23.2 Å². The van der Waals surface area contributed by atoms with E-state index in [1.54, 1.807) is 0 Å². The summed E-state index contributed by atoms with van der Waals surface area (Å²) in [5.74, 6) is 0. The summed E-state index contributed by atoms with van der Waals surface area (Å²) < 4.78 is 10.5. The van der Waals surface area contributed by atoms with Crippen LogP contribution in [0.5, 0.6) is 0 Å². The van der Waals surface area contributed by atoms with Crippen molar-refractivity contribution < 1.29 is 48.0 Å². The Morgan fingerprint density at radius 3 is 1.69 bits per heavy atom. The summed E-state index contributed by atoms with van der Waals surface area (Å²) in [5.41, 5.74) is 0. The molecule has 0 saturated heterocycles. The first-order valence-corrected chi connectivity index (χ1v) is 77.8. The SMILES string of the molecule is [CH]1=[C]([Zr+2][C]2=[CH][BiH][Bi]=[Bi]2)[Bi]=[Bi][BiH]1.[Cl-].[Cl-]. The van der Waals surface area contributed by atoms with Crippen molar-refractivity contribution in [3.05, 3.63) is 9.55 Å².